The molecule has 19 heteroatoms. The zero-order chi connectivity index (χ0) is 28.2. The predicted octanol–water partition coefficient (Wildman–Crippen LogP) is -0.871. The topological polar surface area (TPSA) is 248 Å². The summed E-state index contributed by atoms with van der Waals surface area (Å²) in [5.41, 5.74) is 11.4. The Balaban J connectivity index is 1.21. The van der Waals surface area contributed by atoms with Crippen LogP contribution in [0, 0.1) is 0 Å². The molecule has 40 heavy (non-hydrogen) atoms. The molecular formula is C21H27N10O7PS. The van der Waals surface area contributed by atoms with Crippen LogP contribution in [0.5, 0.6) is 0 Å². The maximum Gasteiger partial charge on any atom is 0.280 e. The monoisotopic (exact) mass is 594 g/mol. The number of fused-ring (bicyclic) bond motifs is 2. The first-order chi connectivity index (χ1) is 19.2. The van der Waals surface area contributed by atoms with Crippen molar-refractivity contribution in [3.63, 3.8) is 0 Å². The molecule has 7 atom stereocenters. The number of nitrogens with one attached hydrogen (secondary N) is 1. The number of nitrogen functional groups attached to an aromatic ring is 2. The number of aromatic nitrogens is 8. The number of aromatic amines is 1. The molecule has 0 radical (unpaired) electrons. The Morgan fingerprint density at radius 2 is 1.90 bits per heavy atom. The highest BCUT2D eigenvalue weighted by Gasteiger charge is 2.47. The van der Waals surface area contributed by atoms with Gasteiger partial charge in [-0.3, -0.25) is 18.9 Å². The van der Waals surface area contributed by atoms with Crippen LogP contribution in [0.25, 0.3) is 22.3 Å². The average molecular weight is 595 g/mol. The second kappa shape index (κ2) is 10.4. The molecule has 2 saturated heterocycles. The van der Waals surface area contributed by atoms with E-state index in [0.29, 0.717) is 17.6 Å². The summed E-state index contributed by atoms with van der Waals surface area (Å²) in [7, 11) is 0. The number of nitrogens with two attached hydrogens (primary N) is 2. The maximum atomic E-state index is 12.3. The lowest BCUT2D eigenvalue weighted by Gasteiger charge is -2.28. The van der Waals surface area contributed by atoms with Gasteiger partial charge in [0.15, 0.2) is 29.1 Å². The van der Waals surface area contributed by atoms with Gasteiger partial charge in [-0.1, -0.05) is 0 Å². The quantitative estimate of drug-likeness (QED) is 0.136. The molecule has 0 amide bonds. The van der Waals surface area contributed by atoms with Gasteiger partial charge in [0.2, 0.25) is 5.95 Å². The third kappa shape index (κ3) is 4.75. The van der Waals surface area contributed by atoms with Crippen LogP contribution < -0.4 is 17.0 Å². The van der Waals surface area contributed by atoms with Crippen molar-refractivity contribution >= 4 is 52.4 Å². The Kier molecular flexibility index (Phi) is 7.04. The van der Waals surface area contributed by atoms with Gasteiger partial charge < -0.3 is 40.6 Å². The fraction of sp³-hybridized carbons (Fsp3) is 0.524. The van der Waals surface area contributed by atoms with Crippen LogP contribution in [0.1, 0.15) is 31.7 Å². The first-order valence-electron chi connectivity index (χ1n) is 12.4. The van der Waals surface area contributed by atoms with Crippen molar-refractivity contribution in [1.82, 2.24) is 39.0 Å². The van der Waals surface area contributed by atoms with Gasteiger partial charge in [-0.15, -0.1) is 0 Å². The highest BCUT2D eigenvalue weighted by molar-refractivity contribution is 8.09. The molecule has 2 aliphatic heterocycles. The number of rotatable bonds is 8. The molecule has 0 spiro atoms. The van der Waals surface area contributed by atoms with Gasteiger partial charge in [0.1, 0.15) is 30.4 Å². The molecule has 2 unspecified atom stereocenters. The van der Waals surface area contributed by atoms with Crippen LogP contribution >= 0.6 is 6.49 Å². The minimum Gasteiger partial charge on any atom is -0.396 e. The van der Waals surface area contributed by atoms with Crippen molar-refractivity contribution in [2.45, 2.75) is 55.7 Å². The fourth-order valence-corrected chi connectivity index (χ4v) is 7.47. The molecule has 2 aliphatic rings. The standard InChI is InChI=1S/C21H27N10O7PS/c22-16-14-17(25-6-24-16)30(7-26-14)13-4-10(33)11(38-13)5-36-39(35,40)12-3-9(1-2-32)37-20(12)31-8-27-15-18(31)28-21(23)29-19(15)34/h6-13,20,32-33H,1-5H2,(H,35,40)(H2,22,24,25)(H3,23,28,29,34)/t9-,10+,11?,12-,13-,20-,39?/m1/s1. The lowest BCUT2D eigenvalue weighted by atomic mass is 10.2. The van der Waals surface area contributed by atoms with E-state index in [1.54, 1.807) is 4.57 Å². The van der Waals surface area contributed by atoms with Gasteiger partial charge in [0, 0.05) is 13.0 Å². The zero-order valence-corrected chi connectivity index (χ0v) is 22.6. The Hall–Kier alpha value is -3.09. The maximum absolute atomic E-state index is 12.3. The summed E-state index contributed by atoms with van der Waals surface area (Å²) >= 11 is 5.60. The third-order valence-corrected chi connectivity index (χ3v) is 10.0. The number of hydrogen-bond acceptors (Lipinski definition) is 14. The number of imidazole rings is 2. The molecule has 17 nitrogen and oxygen atoms in total. The molecule has 6 rings (SSSR count). The Morgan fingerprint density at radius 3 is 2.70 bits per heavy atom. The number of aliphatic hydroxyl groups is 2. The summed E-state index contributed by atoms with van der Waals surface area (Å²) in [4.78, 5) is 46.8. The van der Waals surface area contributed by atoms with Gasteiger partial charge in [0.05, 0.1) is 37.1 Å². The lowest BCUT2D eigenvalue weighted by molar-refractivity contribution is -0.0391. The van der Waals surface area contributed by atoms with Crippen LogP contribution in [0.2, 0.25) is 0 Å². The van der Waals surface area contributed by atoms with Crippen molar-refractivity contribution in [2.75, 3.05) is 24.7 Å². The van der Waals surface area contributed by atoms with Crippen molar-refractivity contribution in [1.29, 1.82) is 0 Å². The van der Waals surface area contributed by atoms with E-state index in [0.717, 1.165) is 0 Å². The molecular weight excluding hydrogens is 567 g/mol. The van der Waals surface area contributed by atoms with E-state index in [2.05, 4.69) is 29.9 Å². The minimum atomic E-state index is -3.62. The van der Waals surface area contributed by atoms with E-state index in [4.69, 9.17) is 37.3 Å². The van der Waals surface area contributed by atoms with Crippen molar-refractivity contribution in [2.24, 2.45) is 0 Å². The summed E-state index contributed by atoms with van der Waals surface area (Å²) in [6, 6.07) is 0. The molecule has 0 bridgehead atoms. The van der Waals surface area contributed by atoms with Gasteiger partial charge in [-0.05, 0) is 24.6 Å². The Bertz CT molecular complexity index is 1660. The van der Waals surface area contributed by atoms with Gasteiger partial charge in [-0.2, -0.15) is 4.98 Å². The summed E-state index contributed by atoms with van der Waals surface area (Å²) in [6.45, 7) is -3.96. The minimum absolute atomic E-state index is 0.0434. The number of hydrogen-bond donors (Lipinski definition) is 6. The van der Waals surface area contributed by atoms with E-state index in [1.165, 1.54) is 23.5 Å². The highest BCUT2D eigenvalue weighted by Crippen LogP contribution is 2.58. The van der Waals surface area contributed by atoms with Crippen LogP contribution in [0.15, 0.2) is 23.8 Å². The van der Waals surface area contributed by atoms with Crippen LogP contribution in [-0.2, 0) is 25.8 Å². The predicted molar refractivity (Wildman–Crippen MR) is 143 cm³/mol. The first-order valence-corrected chi connectivity index (χ1v) is 15.1. The van der Waals surface area contributed by atoms with Crippen molar-refractivity contribution in [3.05, 3.63) is 29.3 Å². The van der Waals surface area contributed by atoms with E-state index < -0.39 is 48.5 Å². The van der Waals surface area contributed by atoms with Crippen LogP contribution in [0.3, 0.4) is 0 Å². The number of ether oxygens (including phenoxy) is 2. The normalized spacial score (nSPS) is 28.5. The van der Waals surface area contributed by atoms with Crippen LogP contribution in [-0.4, -0.2) is 91.3 Å². The Morgan fingerprint density at radius 1 is 1.12 bits per heavy atom. The molecule has 8 N–H and O–H groups in total. The van der Waals surface area contributed by atoms with Crippen molar-refractivity contribution in [3.8, 4) is 0 Å². The SMILES string of the molecule is Nc1nc2c(ncn2[C@@H]2O[C@H](CCO)C[C@H]2P(O)(=S)OCC2O[C@@H](n3cnc4c(N)ncnc43)C[C@@H]2O)c(=O)[nH]1. The number of nitrogens with zero attached hydrogens (tertiary/aromatic N) is 7. The second-order valence-corrected chi connectivity index (χ2v) is 13.2. The molecule has 214 valence electrons. The summed E-state index contributed by atoms with van der Waals surface area (Å²) in [5, 5.41) is 20.2. The second-order valence-electron chi connectivity index (χ2n) is 9.61. The molecule has 4 aromatic rings. The molecule has 0 aromatic carbocycles. The zero-order valence-electron chi connectivity index (χ0n) is 20.8. The fourth-order valence-electron chi connectivity index (χ4n) is 5.13. The summed E-state index contributed by atoms with van der Waals surface area (Å²) < 4.78 is 21.2. The van der Waals surface area contributed by atoms with Gasteiger partial charge >= 0.3 is 0 Å². The smallest absolute Gasteiger partial charge is 0.280 e. The lowest BCUT2D eigenvalue weighted by Crippen LogP contribution is -2.28. The first kappa shape index (κ1) is 27.1. The molecule has 4 aromatic heterocycles. The van der Waals surface area contributed by atoms with Gasteiger partial charge in [0.25, 0.3) is 5.56 Å². The largest absolute Gasteiger partial charge is 0.396 e. The van der Waals surface area contributed by atoms with E-state index in [1.807, 2.05) is 0 Å². The highest BCUT2D eigenvalue weighted by atomic mass is 32.5. The number of aliphatic hydroxyl groups excluding tert-OH is 2. The van der Waals surface area contributed by atoms with E-state index in [-0.39, 0.29) is 49.0 Å². The molecule has 2 fully saturated rings. The summed E-state index contributed by atoms with van der Waals surface area (Å²) in [6.07, 6.45) is 1.29. The van der Waals surface area contributed by atoms with Crippen molar-refractivity contribution < 1.29 is 29.1 Å². The number of anilines is 2. The third-order valence-electron chi connectivity index (χ3n) is 7.09. The number of H-pyrrole nitrogens is 1. The molecule has 6 heterocycles. The molecule has 0 aliphatic carbocycles. The van der Waals surface area contributed by atoms with Gasteiger partial charge in [-0.25, -0.2) is 19.9 Å². The molecule has 0 saturated carbocycles. The van der Waals surface area contributed by atoms with E-state index in [9.17, 15) is 19.9 Å². The van der Waals surface area contributed by atoms with E-state index >= 15 is 0 Å². The summed E-state index contributed by atoms with van der Waals surface area (Å²) in [5.74, 6) is 0.117. The average Bonchev–Trinajstić information content (AvgIpc) is 3.68. The van der Waals surface area contributed by atoms with Crippen LogP contribution in [0.4, 0.5) is 11.8 Å². The Labute approximate surface area is 230 Å².